The van der Waals surface area contributed by atoms with E-state index in [0.717, 1.165) is 16.3 Å². The maximum absolute atomic E-state index is 6.08. The molecule has 0 bridgehead atoms. The van der Waals surface area contributed by atoms with Crippen molar-refractivity contribution in [3.05, 3.63) is 25.1 Å². The normalized spacial score (nSPS) is 13.0. The molecular weight excluding hydrogens is 283 g/mol. The Balaban J connectivity index is 2.35. The van der Waals surface area contributed by atoms with Crippen LogP contribution in [0.2, 0.25) is 8.67 Å². The van der Waals surface area contributed by atoms with Crippen LogP contribution in [-0.4, -0.2) is 11.5 Å². The number of aromatic nitrogens is 1. The first-order valence-corrected chi connectivity index (χ1v) is 7.17. The summed E-state index contributed by atoms with van der Waals surface area (Å²) in [5.41, 5.74) is 7.40. The fourth-order valence-electron chi connectivity index (χ4n) is 1.25. The molecule has 2 nitrogen and oxygen atoms in total. The molecule has 6 heteroatoms. The van der Waals surface area contributed by atoms with Crippen LogP contribution in [0.4, 0.5) is 0 Å². The average molecular weight is 293 g/mol. The molecule has 2 aromatic rings. The lowest BCUT2D eigenvalue weighted by molar-refractivity contribution is 0.767. The number of halogens is 2. The Morgan fingerprint density at radius 3 is 2.81 bits per heavy atom. The third-order valence-electron chi connectivity index (χ3n) is 2.23. The van der Waals surface area contributed by atoms with E-state index in [4.69, 9.17) is 28.9 Å². The van der Waals surface area contributed by atoms with Gasteiger partial charge in [0.1, 0.15) is 4.34 Å². The monoisotopic (exact) mass is 292 g/mol. The first kappa shape index (κ1) is 12.3. The molecule has 0 radical (unpaired) electrons. The molecule has 0 saturated heterocycles. The van der Waals surface area contributed by atoms with Crippen LogP contribution < -0.4 is 5.73 Å². The number of nitrogens with zero attached hydrogens (tertiary/aromatic N) is 1. The summed E-state index contributed by atoms with van der Waals surface area (Å²) in [4.78, 5) is 4.53. The molecule has 0 amide bonds. The summed E-state index contributed by atoms with van der Waals surface area (Å²) >= 11 is 14.9. The van der Waals surface area contributed by atoms with Crippen molar-refractivity contribution in [3.8, 4) is 11.3 Å². The summed E-state index contributed by atoms with van der Waals surface area (Å²) in [7, 11) is 0. The predicted octanol–water partition coefficient (Wildman–Crippen LogP) is 4.24. The fourth-order valence-corrected chi connectivity index (χ4v) is 3.63. The molecule has 16 heavy (non-hydrogen) atoms. The van der Waals surface area contributed by atoms with Crippen molar-refractivity contribution in [1.82, 2.24) is 4.98 Å². The molecule has 2 N–H and O–H groups in total. The van der Waals surface area contributed by atoms with Crippen molar-refractivity contribution in [1.29, 1.82) is 0 Å². The molecule has 2 aromatic heterocycles. The van der Waals surface area contributed by atoms with Crippen molar-refractivity contribution in [2.75, 3.05) is 6.54 Å². The van der Waals surface area contributed by atoms with Crippen molar-refractivity contribution in [2.45, 2.75) is 12.8 Å². The smallest absolute Gasteiger partial charge is 0.104 e. The predicted molar refractivity (Wildman–Crippen MR) is 72.9 cm³/mol. The Bertz CT molecular complexity index is 493. The molecule has 0 saturated carbocycles. The van der Waals surface area contributed by atoms with E-state index in [-0.39, 0.29) is 5.92 Å². The van der Waals surface area contributed by atoms with Gasteiger partial charge in [-0.25, -0.2) is 4.98 Å². The zero-order chi connectivity index (χ0) is 11.7. The maximum Gasteiger partial charge on any atom is 0.104 e. The summed E-state index contributed by atoms with van der Waals surface area (Å²) in [5.74, 6) is 0.284. The minimum Gasteiger partial charge on any atom is -0.330 e. The van der Waals surface area contributed by atoms with Crippen LogP contribution in [0.25, 0.3) is 11.3 Å². The third-order valence-corrected chi connectivity index (χ3v) is 4.79. The standard InChI is InChI=1S/C10H10Cl2N2S2/c1-5(3-13)10-14-7(4-15-10)6-2-8(11)16-9(6)12/h2,4-5H,3,13H2,1H3. The Labute approximate surface area is 112 Å². The van der Waals surface area contributed by atoms with Gasteiger partial charge in [0.05, 0.1) is 15.0 Å². The molecule has 0 aliphatic carbocycles. The van der Waals surface area contributed by atoms with Crippen molar-refractivity contribution in [2.24, 2.45) is 5.73 Å². The summed E-state index contributed by atoms with van der Waals surface area (Å²) in [5, 5.41) is 3.03. The van der Waals surface area contributed by atoms with Gasteiger partial charge < -0.3 is 5.73 Å². The quantitative estimate of drug-likeness (QED) is 0.919. The second-order valence-corrected chi connectivity index (χ2v) is 6.62. The average Bonchev–Trinajstić information content (AvgIpc) is 2.83. The van der Waals surface area contributed by atoms with Crippen LogP contribution in [0.3, 0.4) is 0 Å². The Morgan fingerprint density at radius 1 is 1.50 bits per heavy atom. The van der Waals surface area contributed by atoms with E-state index in [1.165, 1.54) is 11.3 Å². The van der Waals surface area contributed by atoms with Crippen LogP contribution in [0.5, 0.6) is 0 Å². The van der Waals surface area contributed by atoms with Gasteiger partial charge in [-0.1, -0.05) is 30.1 Å². The number of rotatable bonds is 3. The Morgan fingerprint density at radius 2 is 2.25 bits per heavy atom. The van der Waals surface area contributed by atoms with Gasteiger partial charge in [-0.3, -0.25) is 0 Å². The van der Waals surface area contributed by atoms with Crippen molar-refractivity contribution in [3.63, 3.8) is 0 Å². The lowest BCUT2D eigenvalue weighted by atomic mass is 10.2. The highest BCUT2D eigenvalue weighted by atomic mass is 35.5. The van der Waals surface area contributed by atoms with E-state index >= 15 is 0 Å². The highest BCUT2D eigenvalue weighted by molar-refractivity contribution is 7.20. The van der Waals surface area contributed by atoms with Gasteiger partial charge >= 0.3 is 0 Å². The lowest BCUT2D eigenvalue weighted by Gasteiger charge is -2.01. The van der Waals surface area contributed by atoms with E-state index in [9.17, 15) is 0 Å². The molecule has 0 aliphatic rings. The number of thiophene rings is 1. The first-order valence-electron chi connectivity index (χ1n) is 4.72. The van der Waals surface area contributed by atoms with Gasteiger partial charge in [-0.2, -0.15) is 0 Å². The Kier molecular flexibility index (Phi) is 3.87. The molecule has 2 heterocycles. The van der Waals surface area contributed by atoms with Gasteiger partial charge in [-0.05, 0) is 6.07 Å². The topological polar surface area (TPSA) is 38.9 Å². The van der Waals surface area contributed by atoms with Gasteiger partial charge in [-0.15, -0.1) is 22.7 Å². The van der Waals surface area contributed by atoms with Crippen LogP contribution in [0.15, 0.2) is 11.4 Å². The zero-order valence-corrected chi connectivity index (χ0v) is 11.7. The summed E-state index contributed by atoms with van der Waals surface area (Å²) < 4.78 is 1.36. The highest BCUT2D eigenvalue weighted by Gasteiger charge is 2.14. The maximum atomic E-state index is 6.08. The summed E-state index contributed by atoms with van der Waals surface area (Å²) in [6.07, 6.45) is 0. The van der Waals surface area contributed by atoms with Crippen molar-refractivity contribution >= 4 is 45.9 Å². The summed E-state index contributed by atoms with van der Waals surface area (Å²) in [6.45, 7) is 2.66. The molecule has 0 aromatic carbocycles. The number of hydrogen-bond donors (Lipinski definition) is 1. The van der Waals surface area contributed by atoms with E-state index in [0.29, 0.717) is 15.2 Å². The highest BCUT2D eigenvalue weighted by Crippen LogP contribution is 2.38. The van der Waals surface area contributed by atoms with Crippen LogP contribution in [0, 0.1) is 0 Å². The first-order chi connectivity index (χ1) is 7.61. The van der Waals surface area contributed by atoms with E-state index < -0.39 is 0 Å². The molecule has 2 rings (SSSR count). The van der Waals surface area contributed by atoms with E-state index in [2.05, 4.69) is 11.9 Å². The number of nitrogens with two attached hydrogens (primary N) is 1. The van der Waals surface area contributed by atoms with Crippen molar-refractivity contribution < 1.29 is 0 Å². The fraction of sp³-hybridized carbons (Fsp3) is 0.300. The Hall–Kier alpha value is -0.130. The third kappa shape index (κ3) is 2.41. The molecule has 0 fully saturated rings. The van der Waals surface area contributed by atoms with Crippen LogP contribution in [-0.2, 0) is 0 Å². The number of hydrogen-bond acceptors (Lipinski definition) is 4. The van der Waals surface area contributed by atoms with Crippen LogP contribution in [0.1, 0.15) is 17.8 Å². The van der Waals surface area contributed by atoms with E-state index in [1.54, 1.807) is 11.3 Å². The zero-order valence-electron chi connectivity index (χ0n) is 8.54. The molecule has 0 spiro atoms. The second kappa shape index (κ2) is 5.02. The van der Waals surface area contributed by atoms with Gasteiger partial charge in [0.2, 0.25) is 0 Å². The van der Waals surface area contributed by atoms with Gasteiger partial charge in [0.15, 0.2) is 0 Å². The molecular formula is C10H10Cl2N2S2. The van der Waals surface area contributed by atoms with Crippen LogP contribution >= 0.6 is 45.9 Å². The SMILES string of the molecule is CC(CN)c1nc(-c2cc(Cl)sc2Cl)cs1. The second-order valence-electron chi connectivity index (χ2n) is 3.45. The summed E-state index contributed by atoms with van der Waals surface area (Å²) in [6, 6.07) is 1.85. The number of thiazole rings is 1. The van der Waals surface area contributed by atoms with E-state index in [1.807, 2.05) is 11.4 Å². The minimum atomic E-state index is 0.284. The molecule has 1 atom stereocenters. The minimum absolute atomic E-state index is 0.284. The molecule has 0 aliphatic heterocycles. The van der Waals surface area contributed by atoms with Gasteiger partial charge in [0.25, 0.3) is 0 Å². The largest absolute Gasteiger partial charge is 0.330 e. The van der Waals surface area contributed by atoms with Gasteiger partial charge in [0, 0.05) is 23.4 Å². The molecule has 1 unspecified atom stereocenters. The molecule has 86 valence electrons. The lowest BCUT2D eigenvalue weighted by Crippen LogP contribution is -2.08.